The molecule has 4 rings (SSSR count). The summed E-state index contributed by atoms with van der Waals surface area (Å²) < 4.78 is 10.9. The van der Waals surface area contributed by atoms with Crippen molar-refractivity contribution in [1.82, 2.24) is 4.90 Å². The molecule has 0 radical (unpaired) electrons. The zero-order valence-corrected chi connectivity index (χ0v) is 25.0. The average Bonchev–Trinajstić information content (AvgIpc) is 3.17. The molecule has 0 spiro atoms. The number of oxime groups is 1. The summed E-state index contributed by atoms with van der Waals surface area (Å²) in [4.78, 5) is 20.5. The number of methoxy groups -OCH3 is 2. The van der Waals surface area contributed by atoms with Crippen LogP contribution in [-0.4, -0.2) is 89.9 Å². The van der Waals surface area contributed by atoms with Gasteiger partial charge in [0.2, 0.25) is 5.91 Å². The van der Waals surface area contributed by atoms with Crippen molar-refractivity contribution in [2.75, 3.05) is 27.9 Å². The number of aliphatic hydroxyl groups excluding tert-OH is 2. The first-order valence-corrected chi connectivity index (χ1v) is 14.6. The minimum absolute atomic E-state index is 0.0471. The first-order chi connectivity index (χ1) is 18.3. The number of hydrogen-bond acceptors (Lipinski definition) is 8. The molecule has 7 unspecified atom stereocenters. The average molecular weight is 551 g/mol. The van der Waals surface area contributed by atoms with Crippen molar-refractivity contribution in [2.45, 2.75) is 103 Å². The Bertz CT molecular complexity index is 980. The smallest absolute Gasteiger partial charge is 0.225 e. The highest BCUT2D eigenvalue weighted by molar-refractivity contribution is 5.99. The number of carbonyl (C=O) groups is 1. The van der Waals surface area contributed by atoms with Gasteiger partial charge >= 0.3 is 0 Å². The van der Waals surface area contributed by atoms with Crippen LogP contribution in [0.25, 0.3) is 0 Å². The molecule has 39 heavy (non-hydrogen) atoms. The highest BCUT2D eigenvalue weighted by Crippen LogP contribution is 2.67. The van der Waals surface area contributed by atoms with Gasteiger partial charge in [-0.1, -0.05) is 32.9 Å². The Hall–Kier alpha value is -1.52. The van der Waals surface area contributed by atoms with Crippen molar-refractivity contribution in [3.05, 3.63) is 11.6 Å². The lowest BCUT2D eigenvalue weighted by molar-refractivity contribution is -0.159. The third-order valence-electron chi connectivity index (χ3n) is 11.1. The predicted molar refractivity (Wildman–Crippen MR) is 148 cm³/mol. The molecule has 9 nitrogen and oxygen atoms in total. The van der Waals surface area contributed by atoms with Crippen LogP contribution in [0.15, 0.2) is 16.8 Å². The SMILES string of the molecule is CO/N=C1\C=C2C(CC[C@]3(C)C(C(C)N(CC(OC)OC)C(=O)C(C)C)CC[C@@]23O)C2(C)CC(O)C(O)CC12. The Morgan fingerprint density at radius 2 is 1.74 bits per heavy atom. The minimum atomic E-state index is -1.08. The van der Waals surface area contributed by atoms with Gasteiger partial charge in [-0.05, 0) is 74.3 Å². The molecular formula is C30H50N2O7. The Morgan fingerprint density at radius 1 is 1.08 bits per heavy atom. The van der Waals surface area contributed by atoms with Crippen LogP contribution in [0.3, 0.4) is 0 Å². The van der Waals surface area contributed by atoms with E-state index in [1.54, 1.807) is 14.2 Å². The number of carbonyl (C=O) groups excluding carboxylic acids is 1. The number of rotatable bonds is 8. The van der Waals surface area contributed by atoms with Crippen molar-refractivity contribution >= 4 is 11.6 Å². The second kappa shape index (κ2) is 11.0. The van der Waals surface area contributed by atoms with Crippen LogP contribution < -0.4 is 0 Å². The maximum Gasteiger partial charge on any atom is 0.225 e. The summed E-state index contributed by atoms with van der Waals surface area (Å²) in [6.45, 7) is 10.6. The molecule has 3 saturated carbocycles. The third kappa shape index (κ3) is 4.76. The van der Waals surface area contributed by atoms with Crippen molar-refractivity contribution in [3.8, 4) is 0 Å². The molecule has 4 aliphatic rings. The summed E-state index contributed by atoms with van der Waals surface area (Å²) >= 11 is 0. The molecule has 0 aromatic heterocycles. The van der Waals surface area contributed by atoms with Crippen LogP contribution in [0.2, 0.25) is 0 Å². The van der Waals surface area contributed by atoms with E-state index >= 15 is 0 Å². The van der Waals surface area contributed by atoms with Gasteiger partial charge in [0.1, 0.15) is 7.11 Å². The summed E-state index contributed by atoms with van der Waals surface area (Å²) in [7, 11) is 4.68. The van der Waals surface area contributed by atoms with Crippen LogP contribution >= 0.6 is 0 Å². The fourth-order valence-electron chi connectivity index (χ4n) is 8.82. The quantitative estimate of drug-likeness (QED) is 0.314. The van der Waals surface area contributed by atoms with Crippen molar-refractivity contribution in [2.24, 2.45) is 39.7 Å². The lowest BCUT2D eigenvalue weighted by atomic mass is 9.46. The highest BCUT2D eigenvalue weighted by atomic mass is 16.7. The minimum Gasteiger partial charge on any atom is -0.399 e. The normalized spacial score (nSPS) is 41.6. The van der Waals surface area contributed by atoms with Gasteiger partial charge in [-0.15, -0.1) is 0 Å². The van der Waals surface area contributed by atoms with Gasteiger partial charge in [-0.2, -0.15) is 0 Å². The van der Waals surface area contributed by atoms with Crippen LogP contribution in [0.1, 0.15) is 73.1 Å². The monoisotopic (exact) mass is 550 g/mol. The van der Waals surface area contributed by atoms with E-state index in [1.807, 2.05) is 24.8 Å². The molecule has 0 aromatic carbocycles. The van der Waals surface area contributed by atoms with E-state index in [0.717, 1.165) is 30.5 Å². The standard InChI is InChI=1S/C30H50N2O7/c1-17(2)27(35)32(16-26(37-6)38-7)18(3)19-10-12-30(36)21-13-23(31-39-8)22-14-24(33)25(34)15-28(22,4)20(21)9-11-29(19,30)5/h13,17-20,22,24-26,33-34,36H,9-12,14-16H2,1-8H3/b31-23+/t18?,19?,20?,22?,24?,25?,28?,29-,30-/m1/s1. The molecule has 0 aromatic rings. The molecule has 0 saturated heterocycles. The fraction of sp³-hybridized carbons (Fsp3) is 0.867. The van der Waals surface area contributed by atoms with E-state index in [0.29, 0.717) is 25.8 Å². The van der Waals surface area contributed by atoms with Gasteiger partial charge in [-0.3, -0.25) is 4.79 Å². The summed E-state index contributed by atoms with van der Waals surface area (Å²) in [6.07, 6.45) is 3.79. The molecule has 222 valence electrons. The van der Waals surface area contributed by atoms with E-state index in [2.05, 4.69) is 25.9 Å². The first-order valence-electron chi connectivity index (χ1n) is 14.6. The maximum atomic E-state index is 13.4. The largest absolute Gasteiger partial charge is 0.399 e. The molecule has 9 heteroatoms. The second-order valence-corrected chi connectivity index (χ2v) is 13.2. The Labute approximate surface area is 233 Å². The summed E-state index contributed by atoms with van der Waals surface area (Å²) in [5, 5.41) is 38.3. The molecule has 0 bridgehead atoms. The number of allylic oxidation sites excluding steroid dienone is 1. The molecule has 4 aliphatic carbocycles. The molecule has 9 atom stereocenters. The van der Waals surface area contributed by atoms with Gasteiger partial charge in [0.15, 0.2) is 6.29 Å². The van der Waals surface area contributed by atoms with Gasteiger partial charge in [-0.25, -0.2) is 0 Å². The maximum absolute atomic E-state index is 13.4. The Morgan fingerprint density at radius 3 is 2.33 bits per heavy atom. The van der Waals surface area contributed by atoms with Gasteiger partial charge in [0.05, 0.1) is 30.1 Å². The van der Waals surface area contributed by atoms with Crippen molar-refractivity contribution in [3.63, 3.8) is 0 Å². The van der Waals surface area contributed by atoms with Gasteiger partial charge in [0.25, 0.3) is 0 Å². The molecule has 3 fully saturated rings. The van der Waals surface area contributed by atoms with E-state index in [1.165, 1.54) is 7.11 Å². The number of aliphatic hydroxyl groups is 3. The third-order valence-corrected chi connectivity index (χ3v) is 11.1. The second-order valence-electron chi connectivity index (χ2n) is 13.2. The van der Waals surface area contributed by atoms with Crippen LogP contribution in [-0.2, 0) is 19.1 Å². The lowest BCUT2D eigenvalue weighted by Gasteiger charge is -2.60. The summed E-state index contributed by atoms with van der Waals surface area (Å²) in [5.41, 5.74) is -0.200. The molecular weight excluding hydrogens is 500 g/mol. The molecule has 0 heterocycles. The van der Waals surface area contributed by atoms with E-state index in [4.69, 9.17) is 14.3 Å². The summed E-state index contributed by atoms with van der Waals surface area (Å²) in [5.74, 6) is -0.0657. The topological polar surface area (TPSA) is 121 Å². The number of fused-ring (bicyclic) bond motifs is 5. The number of amides is 1. The molecule has 3 N–H and O–H groups in total. The lowest BCUT2D eigenvalue weighted by Crippen LogP contribution is -2.62. The van der Waals surface area contributed by atoms with Crippen LogP contribution in [0.5, 0.6) is 0 Å². The van der Waals surface area contributed by atoms with Crippen molar-refractivity contribution < 1.29 is 34.4 Å². The van der Waals surface area contributed by atoms with E-state index < -0.39 is 29.5 Å². The van der Waals surface area contributed by atoms with Crippen molar-refractivity contribution in [1.29, 1.82) is 0 Å². The fourth-order valence-corrected chi connectivity index (χ4v) is 8.82. The predicted octanol–water partition coefficient (Wildman–Crippen LogP) is 3.12. The number of ether oxygens (including phenoxy) is 2. The first kappa shape index (κ1) is 30.4. The number of hydrogen-bond donors (Lipinski definition) is 3. The molecule has 0 aliphatic heterocycles. The highest BCUT2D eigenvalue weighted by Gasteiger charge is 2.67. The van der Waals surface area contributed by atoms with Gasteiger partial charge < -0.3 is 34.5 Å². The molecule has 1 amide bonds. The number of nitrogens with zero attached hydrogens (tertiary/aromatic N) is 2. The van der Waals surface area contributed by atoms with Crippen LogP contribution in [0, 0.1) is 34.5 Å². The van der Waals surface area contributed by atoms with E-state index in [9.17, 15) is 20.1 Å². The van der Waals surface area contributed by atoms with Gasteiger partial charge in [0, 0.05) is 37.5 Å². The Balaban J connectivity index is 1.73. The Kier molecular flexibility index (Phi) is 8.62. The van der Waals surface area contributed by atoms with E-state index in [-0.39, 0.29) is 41.0 Å². The van der Waals surface area contributed by atoms with Crippen LogP contribution in [0.4, 0.5) is 0 Å². The zero-order chi connectivity index (χ0) is 28.9. The summed E-state index contributed by atoms with van der Waals surface area (Å²) in [6, 6.07) is -0.130. The zero-order valence-electron chi connectivity index (χ0n) is 25.0.